The second-order valence-corrected chi connectivity index (χ2v) is 4.43. The number of hydrogen-bond donors (Lipinski definition) is 0. The molecule has 4 nitrogen and oxygen atoms in total. The first-order valence-corrected chi connectivity index (χ1v) is 5.25. The van der Waals surface area contributed by atoms with E-state index in [2.05, 4.69) is 9.68 Å². The number of rotatable bonds is 2. The Labute approximate surface area is 68.6 Å². The van der Waals surface area contributed by atoms with Crippen molar-refractivity contribution in [2.75, 3.05) is 0 Å². The Bertz CT molecular complexity index is 342. The monoisotopic (exact) mass is 195 g/mol. The highest BCUT2D eigenvalue weighted by Crippen LogP contribution is 2.15. The quantitative estimate of drug-likeness (QED) is 0.665. The molecule has 0 unspecified atom stereocenters. The fourth-order valence-corrected chi connectivity index (χ4v) is 1.20. The Morgan fingerprint density at radius 3 is 2.64 bits per heavy atom. The van der Waals surface area contributed by atoms with Crippen LogP contribution in [-0.2, 0) is 15.5 Å². The minimum absolute atomic E-state index is 0.295. The molecule has 0 bridgehead atoms. The number of halogens is 1. The first kappa shape index (κ1) is 8.55. The Morgan fingerprint density at radius 1 is 1.73 bits per heavy atom. The molecular formula is C5H6ClNO3S. The minimum Gasteiger partial charge on any atom is -0.343 e. The van der Waals surface area contributed by atoms with Crippen LogP contribution in [-0.4, -0.2) is 13.6 Å². The standard InChI is InChI=1S/C5H6ClNO3S/c1-2-4-3-5(10-7-4)11(6,8)9/h3H,2H2,1H3. The SMILES string of the molecule is CCc1cc(S(=O)(=O)Cl)on1. The van der Waals surface area contributed by atoms with Crippen molar-refractivity contribution in [3.63, 3.8) is 0 Å². The lowest BCUT2D eigenvalue weighted by Gasteiger charge is -1.81. The van der Waals surface area contributed by atoms with E-state index >= 15 is 0 Å². The topological polar surface area (TPSA) is 60.2 Å². The fourth-order valence-electron chi connectivity index (χ4n) is 0.574. The normalized spacial score (nSPS) is 11.8. The molecule has 0 saturated carbocycles. The summed E-state index contributed by atoms with van der Waals surface area (Å²) < 4.78 is 25.6. The predicted molar refractivity (Wildman–Crippen MR) is 38.9 cm³/mol. The van der Waals surface area contributed by atoms with E-state index in [1.165, 1.54) is 6.07 Å². The maximum atomic E-state index is 10.6. The van der Waals surface area contributed by atoms with Crippen molar-refractivity contribution in [1.82, 2.24) is 5.16 Å². The van der Waals surface area contributed by atoms with Gasteiger partial charge in [0.2, 0.25) is 0 Å². The summed E-state index contributed by atoms with van der Waals surface area (Å²) in [7, 11) is 1.22. The predicted octanol–water partition coefficient (Wildman–Crippen LogP) is 1.16. The number of aromatic nitrogens is 1. The Hall–Kier alpha value is -0.550. The zero-order valence-electron chi connectivity index (χ0n) is 5.74. The van der Waals surface area contributed by atoms with Crippen LogP contribution in [0, 0.1) is 0 Å². The van der Waals surface area contributed by atoms with Crippen molar-refractivity contribution in [1.29, 1.82) is 0 Å². The van der Waals surface area contributed by atoms with E-state index in [9.17, 15) is 8.42 Å². The summed E-state index contributed by atoms with van der Waals surface area (Å²) in [5, 5.41) is 3.17. The van der Waals surface area contributed by atoms with E-state index < -0.39 is 9.05 Å². The molecule has 62 valence electrons. The van der Waals surface area contributed by atoms with Gasteiger partial charge in [-0.15, -0.1) is 0 Å². The van der Waals surface area contributed by atoms with Crippen molar-refractivity contribution >= 4 is 19.7 Å². The number of hydrogen-bond acceptors (Lipinski definition) is 4. The van der Waals surface area contributed by atoms with Gasteiger partial charge in [-0.1, -0.05) is 12.1 Å². The van der Waals surface area contributed by atoms with Crippen LogP contribution in [0.2, 0.25) is 0 Å². The van der Waals surface area contributed by atoms with E-state index in [1.807, 2.05) is 6.92 Å². The van der Waals surface area contributed by atoms with Crippen LogP contribution < -0.4 is 0 Å². The highest BCUT2D eigenvalue weighted by Gasteiger charge is 2.15. The summed E-state index contributed by atoms with van der Waals surface area (Å²) in [5.41, 5.74) is 0.573. The first-order chi connectivity index (χ1) is 5.04. The van der Waals surface area contributed by atoms with Crippen LogP contribution in [0.1, 0.15) is 12.6 Å². The molecule has 0 atom stereocenters. The Morgan fingerprint density at radius 2 is 2.36 bits per heavy atom. The van der Waals surface area contributed by atoms with Gasteiger partial charge in [0.15, 0.2) is 0 Å². The average molecular weight is 196 g/mol. The van der Waals surface area contributed by atoms with Gasteiger partial charge in [-0.2, -0.15) is 0 Å². The van der Waals surface area contributed by atoms with Gasteiger partial charge in [-0.25, -0.2) is 8.42 Å². The summed E-state index contributed by atoms with van der Waals surface area (Å²) in [6.45, 7) is 1.84. The Balaban J connectivity index is 3.09. The van der Waals surface area contributed by atoms with Gasteiger partial charge in [-0.05, 0) is 6.42 Å². The third kappa shape index (κ3) is 1.94. The first-order valence-electron chi connectivity index (χ1n) is 2.94. The summed E-state index contributed by atoms with van der Waals surface area (Å²) in [5.74, 6) is 0. The second-order valence-electron chi connectivity index (χ2n) is 1.93. The van der Waals surface area contributed by atoms with Crippen molar-refractivity contribution in [3.05, 3.63) is 11.8 Å². The molecule has 0 saturated heterocycles. The molecule has 0 N–H and O–H groups in total. The van der Waals surface area contributed by atoms with Gasteiger partial charge in [0, 0.05) is 16.7 Å². The summed E-state index contributed by atoms with van der Waals surface area (Å²) in [4.78, 5) is 0. The van der Waals surface area contributed by atoms with Gasteiger partial charge in [-0.3, -0.25) is 0 Å². The highest BCUT2D eigenvalue weighted by molar-refractivity contribution is 8.13. The largest absolute Gasteiger partial charge is 0.343 e. The molecule has 0 radical (unpaired) electrons. The molecule has 6 heteroatoms. The molecule has 0 aromatic carbocycles. The molecule has 0 aliphatic carbocycles. The second kappa shape index (κ2) is 2.83. The lowest BCUT2D eigenvalue weighted by molar-refractivity contribution is 0.337. The molecule has 11 heavy (non-hydrogen) atoms. The zero-order chi connectivity index (χ0) is 8.48. The van der Waals surface area contributed by atoms with Crippen LogP contribution in [0.25, 0.3) is 0 Å². The maximum Gasteiger partial charge on any atom is 0.297 e. The van der Waals surface area contributed by atoms with Crippen molar-refractivity contribution in [2.24, 2.45) is 0 Å². The zero-order valence-corrected chi connectivity index (χ0v) is 7.32. The molecule has 1 aromatic heterocycles. The summed E-state index contributed by atoms with van der Waals surface area (Å²) in [6.07, 6.45) is 0.621. The maximum absolute atomic E-state index is 10.6. The van der Waals surface area contributed by atoms with E-state index in [0.717, 1.165) is 0 Å². The van der Waals surface area contributed by atoms with Crippen LogP contribution >= 0.6 is 10.7 Å². The van der Waals surface area contributed by atoms with Crippen LogP contribution in [0.3, 0.4) is 0 Å². The van der Waals surface area contributed by atoms with Crippen molar-refractivity contribution < 1.29 is 12.9 Å². The van der Waals surface area contributed by atoms with Crippen molar-refractivity contribution in [3.8, 4) is 0 Å². The van der Waals surface area contributed by atoms with Gasteiger partial charge in [0.05, 0.1) is 5.69 Å². The van der Waals surface area contributed by atoms with Gasteiger partial charge in [0.1, 0.15) is 0 Å². The fraction of sp³-hybridized carbons (Fsp3) is 0.400. The molecule has 1 rings (SSSR count). The molecular weight excluding hydrogens is 190 g/mol. The van der Waals surface area contributed by atoms with Crippen LogP contribution in [0.5, 0.6) is 0 Å². The molecule has 0 aliphatic rings. The third-order valence-corrected chi connectivity index (χ3v) is 2.27. The summed E-state index contributed by atoms with van der Waals surface area (Å²) >= 11 is 0. The molecule has 0 spiro atoms. The third-order valence-electron chi connectivity index (χ3n) is 1.14. The average Bonchev–Trinajstić information content (AvgIpc) is 2.32. The van der Waals surface area contributed by atoms with Crippen LogP contribution in [0.15, 0.2) is 15.7 Å². The van der Waals surface area contributed by atoms with E-state index in [-0.39, 0.29) is 5.09 Å². The molecule has 0 fully saturated rings. The van der Waals surface area contributed by atoms with Crippen molar-refractivity contribution in [2.45, 2.75) is 18.4 Å². The van der Waals surface area contributed by atoms with E-state index in [0.29, 0.717) is 12.1 Å². The van der Waals surface area contributed by atoms with Gasteiger partial charge < -0.3 is 4.52 Å². The highest BCUT2D eigenvalue weighted by atomic mass is 35.7. The lowest BCUT2D eigenvalue weighted by atomic mass is 10.4. The molecule has 0 amide bonds. The summed E-state index contributed by atoms with van der Waals surface area (Å²) in [6, 6.07) is 1.31. The molecule has 1 heterocycles. The van der Waals surface area contributed by atoms with E-state index in [4.69, 9.17) is 10.7 Å². The number of aryl methyl sites for hydroxylation is 1. The van der Waals surface area contributed by atoms with Gasteiger partial charge in [0.25, 0.3) is 14.1 Å². The van der Waals surface area contributed by atoms with Crippen LogP contribution in [0.4, 0.5) is 0 Å². The molecule has 0 aliphatic heterocycles. The molecule has 1 aromatic rings. The van der Waals surface area contributed by atoms with E-state index in [1.54, 1.807) is 0 Å². The Kier molecular flexibility index (Phi) is 2.20. The van der Waals surface area contributed by atoms with Gasteiger partial charge >= 0.3 is 0 Å². The lowest BCUT2D eigenvalue weighted by Crippen LogP contribution is -1.85. The minimum atomic E-state index is -3.75. The number of nitrogens with zero attached hydrogens (tertiary/aromatic N) is 1. The smallest absolute Gasteiger partial charge is 0.297 e.